The minimum atomic E-state index is 0.160. The first kappa shape index (κ1) is 16.1. The van der Waals surface area contributed by atoms with Gasteiger partial charge in [-0.25, -0.2) is 0 Å². The lowest BCUT2D eigenvalue weighted by Crippen LogP contribution is -2.33. The van der Waals surface area contributed by atoms with Crippen LogP contribution in [0.2, 0.25) is 0 Å². The summed E-state index contributed by atoms with van der Waals surface area (Å²) in [5, 5.41) is 5.79. The maximum Gasteiger partial charge on any atom is 0.119 e. The van der Waals surface area contributed by atoms with Gasteiger partial charge in [0.05, 0.1) is 6.61 Å². The molecule has 1 N–H and O–H groups in total. The molecule has 0 aliphatic carbocycles. The van der Waals surface area contributed by atoms with E-state index < -0.39 is 0 Å². The van der Waals surface area contributed by atoms with Crippen LogP contribution in [0.5, 0.6) is 5.75 Å². The Labute approximate surface area is 132 Å². The first-order chi connectivity index (χ1) is 10.0. The van der Waals surface area contributed by atoms with Crippen LogP contribution in [0.3, 0.4) is 0 Å². The molecule has 0 bridgehead atoms. The van der Waals surface area contributed by atoms with Crippen LogP contribution >= 0.6 is 11.3 Å². The highest BCUT2D eigenvalue weighted by Crippen LogP contribution is 2.27. The van der Waals surface area contributed by atoms with E-state index in [0.717, 1.165) is 12.3 Å². The minimum absolute atomic E-state index is 0.160. The van der Waals surface area contributed by atoms with Gasteiger partial charge in [0.15, 0.2) is 0 Å². The van der Waals surface area contributed by atoms with Crippen molar-refractivity contribution in [2.75, 3.05) is 13.2 Å². The summed E-state index contributed by atoms with van der Waals surface area (Å²) in [7, 11) is 0. The molecule has 0 saturated carbocycles. The summed E-state index contributed by atoms with van der Waals surface area (Å²) in [6.07, 6.45) is 0. The first-order valence-corrected chi connectivity index (χ1v) is 8.41. The van der Waals surface area contributed by atoms with E-state index in [1.807, 2.05) is 30.4 Å². The Kier molecular flexibility index (Phi) is 5.43. The number of hydrogen-bond donors (Lipinski definition) is 1. The minimum Gasteiger partial charge on any atom is -0.494 e. The molecule has 1 aromatic heterocycles. The van der Waals surface area contributed by atoms with Gasteiger partial charge in [-0.3, -0.25) is 0 Å². The molecular formula is C18H25NOS. The van der Waals surface area contributed by atoms with Gasteiger partial charge < -0.3 is 10.1 Å². The lowest BCUT2D eigenvalue weighted by atomic mass is 9.91. The van der Waals surface area contributed by atoms with Crippen molar-refractivity contribution >= 4 is 11.3 Å². The number of rotatable bonds is 7. The summed E-state index contributed by atoms with van der Waals surface area (Å²) >= 11 is 1.83. The van der Waals surface area contributed by atoms with Crippen LogP contribution in [-0.4, -0.2) is 13.2 Å². The summed E-state index contributed by atoms with van der Waals surface area (Å²) in [6, 6.07) is 13.0. The van der Waals surface area contributed by atoms with Gasteiger partial charge in [-0.2, -0.15) is 0 Å². The molecule has 1 unspecified atom stereocenters. The summed E-state index contributed by atoms with van der Waals surface area (Å²) in [6.45, 7) is 10.5. The smallest absolute Gasteiger partial charge is 0.119 e. The second-order valence-electron chi connectivity index (χ2n) is 5.97. The Morgan fingerprint density at radius 1 is 1.19 bits per heavy atom. The van der Waals surface area contributed by atoms with Crippen LogP contribution in [0.15, 0.2) is 41.8 Å². The van der Waals surface area contributed by atoms with Gasteiger partial charge in [0.1, 0.15) is 5.75 Å². The zero-order valence-electron chi connectivity index (χ0n) is 13.3. The van der Waals surface area contributed by atoms with E-state index in [2.05, 4.69) is 55.7 Å². The van der Waals surface area contributed by atoms with Gasteiger partial charge in [-0.05, 0) is 43.0 Å². The quantitative estimate of drug-likeness (QED) is 0.795. The molecular weight excluding hydrogens is 278 g/mol. The zero-order valence-corrected chi connectivity index (χ0v) is 14.2. The third kappa shape index (κ3) is 4.32. The Balaban J connectivity index is 1.93. The van der Waals surface area contributed by atoms with Crippen molar-refractivity contribution in [1.82, 2.24) is 5.32 Å². The van der Waals surface area contributed by atoms with Crippen molar-refractivity contribution < 1.29 is 4.74 Å². The highest BCUT2D eigenvalue weighted by molar-refractivity contribution is 7.10. The zero-order chi connectivity index (χ0) is 15.3. The predicted molar refractivity (Wildman–Crippen MR) is 91.4 cm³/mol. The van der Waals surface area contributed by atoms with Crippen LogP contribution < -0.4 is 10.1 Å². The third-order valence-electron chi connectivity index (χ3n) is 3.73. The topological polar surface area (TPSA) is 21.3 Å². The molecule has 0 spiro atoms. The molecule has 2 aromatic rings. The largest absolute Gasteiger partial charge is 0.494 e. The fraction of sp³-hybridized carbons (Fsp3) is 0.444. The molecule has 0 fully saturated rings. The normalized spacial score (nSPS) is 13.1. The molecule has 0 amide bonds. The molecule has 0 saturated heterocycles. The van der Waals surface area contributed by atoms with Gasteiger partial charge in [0, 0.05) is 22.9 Å². The summed E-state index contributed by atoms with van der Waals surface area (Å²) in [5.41, 5.74) is 1.45. The van der Waals surface area contributed by atoms with E-state index in [1.54, 1.807) is 0 Å². The summed E-state index contributed by atoms with van der Waals surface area (Å²) in [4.78, 5) is 1.42. The molecule has 21 heavy (non-hydrogen) atoms. The molecule has 114 valence electrons. The van der Waals surface area contributed by atoms with Gasteiger partial charge >= 0.3 is 0 Å². The lowest BCUT2D eigenvalue weighted by Gasteiger charge is -2.26. The van der Waals surface area contributed by atoms with E-state index in [-0.39, 0.29) is 5.41 Å². The molecule has 3 heteroatoms. The number of benzene rings is 1. The number of nitrogens with one attached hydrogen (secondary N) is 1. The van der Waals surface area contributed by atoms with Gasteiger partial charge in [0.25, 0.3) is 0 Å². The Morgan fingerprint density at radius 2 is 1.90 bits per heavy atom. The summed E-state index contributed by atoms with van der Waals surface area (Å²) < 4.78 is 5.48. The number of ether oxygens (including phenoxy) is 1. The molecule has 1 heterocycles. The Hall–Kier alpha value is -1.32. The lowest BCUT2D eigenvalue weighted by molar-refractivity contribution is 0.340. The second kappa shape index (κ2) is 7.10. The highest BCUT2D eigenvalue weighted by Gasteiger charge is 2.22. The monoisotopic (exact) mass is 303 g/mol. The average Bonchev–Trinajstić information content (AvgIpc) is 3.01. The van der Waals surface area contributed by atoms with Crippen molar-refractivity contribution in [3.63, 3.8) is 0 Å². The summed E-state index contributed by atoms with van der Waals surface area (Å²) in [5.74, 6) is 0.937. The molecule has 0 aliphatic heterocycles. The van der Waals surface area contributed by atoms with Crippen molar-refractivity contribution in [1.29, 1.82) is 0 Å². The molecule has 0 radical (unpaired) electrons. The third-order valence-corrected chi connectivity index (χ3v) is 4.97. The van der Waals surface area contributed by atoms with Gasteiger partial charge in [-0.1, -0.05) is 32.0 Å². The standard InChI is InChI=1S/C18H25NOS/c1-5-20-16-10-8-15(9-11-16)14(2)19-13-18(3,4)17-7-6-12-21-17/h6-12,14,19H,5,13H2,1-4H3. The van der Waals surface area contributed by atoms with Crippen LogP contribution in [0.1, 0.15) is 44.2 Å². The Bertz CT molecular complexity index is 531. The van der Waals surface area contributed by atoms with Crippen molar-refractivity contribution in [3.05, 3.63) is 52.2 Å². The van der Waals surface area contributed by atoms with Crippen molar-refractivity contribution in [2.24, 2.45) is 0 Å². The van der Waals surface area contributed by atoms with E-state index in [9.17, 15) is 0 Å². The van der Waals surface area contributed by atoms with Crippen LogP contribution in [0.4, 0.5) is 0 Å². The maximum atomic E-state index is 5.48. The number of thiophene rings is 1. The first-order valence-electron chi connectivity index (χ1n) is 7.53. The predicted octanol–water partition coefficient (Wildman–Crippen LogP) is 4.78. The molecule has 1 aromatic carbocycles. The van der Waals surface area contributed by atoms with Crippen molar-refractivity contribution in [2.45, 2.75) is 39.2 Å². The van der Waals surface area contributed by atoms with Gasteiger partial charge in [-0.15, -0.1) is 11.3 Å². The fourth-order valence-corrected chi connectivity index (χ4v) is 3.15. The molecule has 2 nitrogen and oxygen atoms in total. The molecule has 0 aliphatic rings. The van der Waals surface area contributed by atoms with Crippen molar-refractivity contribution in [3.8, 4) is 5.75 Å². The van der Waals surface area contributed by atoms with E-state index in [0.29, 0.717) is 12.6 Å². The molecule has 2 rings (SSSR count). The van der Waals surface area contributed by atoms with Gasteiger partial charge in [0.2, 0.25) is 0 Å². The van der Waals surface area contributed by atoms with Crippen LogP contribution in [0.25, 0.3) is 0 Å². The van der Waals surface area contributed by atoms with E-state index in [1.165, 1.54) is 10.4 Å². The second-order valence-corrected chi connectivity index (χ2v) is 6.91. The molecule has 1 atom stereocenters. The van der Waals surface area contributed by atoms with Crippen LogP contribution in [-0.2, 0) is 5.41 Å². The highest BCUT2D eigenvalue weighted by atomic mass is 32.1. The SMILES string of the molecule is CCOc1ccc(C(C)NCC(C)(C)c2cccs2)cc1. The maximum absolute atomic E-state index is 5.48. The Morgan fingerprint density at radius 3 is 2.48 bits per heavy atom. The fourth-order valence-electron chi connectivity index (χ4n) is 2.30. The average molecular weight is 303 g/mol. The van der Waals surface area contributed by atoms with Crippen LogP contribution in [0, 0.1) is 0 Å². The van der Waals surface area contributed by atoms with E-state index in [4.69, 9.17) is 4.74 Å². The van der Waals surface area contributed by atoms with E-state index >= 15 is 0 Å². The number of hydrogen-bond acceptors (Lipinski definition) is 3.